The molecule has 0 saturated carbocycles. The van der Waals surface area contributed by atoms with Gasteiger partial charge >= 0.3 is 18.6 Å². The fourth-order valence-corrected chi connectivity index (χ4v) is 7.96. The zero-order chi connectivity index (χ0) is 27.8. The maximum Gasteiger partial charge on any atom is 0.587 e. The van der Waals surface area contributed by atoms with E-state index in [0.29, 0.717) is 17.9 Å². The lowest BCUT2D eigenvalue weighted by Crippen LogP contribution is -2.71. The van der Waals surface area contributed by atoms with Gasteiger partial charge in [-0.15, -0.1) is 11.8 Å². The third-order valence-corrected chi connectivity index (χ3v) is 9.49. The molecule has 1 aromatic carbocycles. The Morgan fingerprint density at radius 1 is 1.10 bits per heavy atom. The lowest BCUT2D eigenvalue weighted by molar-refractivity contribution is -0.840. The summed E-state index contributed by atoms with van der Waals surface area (Å²) in [5.41, 5.74) is 0.986. The van der Waals surface area contributed by atoms with Crippen LogP contribution in [0.1, 0.15) is 42.7 Å². The first-order chi connectivity index (χ1) is 18.7. The van der Waals surface area contributed by atoms with E-state index in [4.69, 9.17) is 9.31 Å². The predicted octanol–water partition coefficient (Wildman–Crippen LogP) is 2.18. The summed E-state index contributed by atoms with van der Waals surface area (Å²) >= 11 is 1.55. The van der Waals surface area contributed by atoms with Gasteiger partial charge in [-0.25, -0.2) is 14.6 Å². The van der Waals surface area contributed by atoms with Crippen molar-refractivity contribution in [3.05, 3.63) is 60.2 Å². The standard InChI is InChI=1S/C27H33BN4O6S/c1-17(2)11-19(28-32(3)22(26(35)37-28)15-39-16-23(32)27(36)38-28)13-24(33)20(12-18-7-5-4-6-8-18)31-25(34)21-14-29-9-10-30-21/h4-10,14,17,19-20,22-23H,11-13,15-16H2,1-3H3,(H,31,34)/t19-,20+,22-,23+,28?,32?/m1/s1. The number of nitrogens with one attached hydrogen (secondary N) is 1. The third kappa shape index (κ3) is 4.84. The van der Waals surface area contributed by atoms with Crippen molar-refractivity contribution in [2.24, 2.45) is 5.92 Å². The average molecular weight is 552 g/mol. The molecule has 39 heavy (non-hydrogen) atoms. The summed E-state index contributed by atoms with van der Waals surface area (Å²) in [6, 6.07) is 7.53. The molecular weight excluding hydrogens is 519 g/mol. The number of likely N-dealkylation sites (N-methyl/N-ethyl adjacent to an activating group) is 1. The molecule has 0 spiro atoms. The Morgan fingerprint density at radius 2 is 1.77 bits per heavy atom. The van der Waals surface area contributed by atoms with Gasteiger partial charge in [-0.05, 0) is 30.1 Å². The molecule has 0 aliphatic carbocycles. The summed E-state index contributed by atoms with van der Waals surface area (Å²) in [7, 11) is 1.87. The van der Waals surface area contributed by atoms with Crippen molar-refractivity contribution >= 4 is 42.1 Å². The summed E-state index contributed by atoms with van der Waals surface area (Å²) in [5, 5.41) is 2.85. The smallest absolute Gasteiger partial charge is 0.587 e. The van der Waals surface area contributed by atoms with E-state index in [1.807, 2.05) is 51.2 Å². The number of Topliss-reactive ketones (excluding diaryl/α,β-unsaturated/α-hetero) is 1. The van der Waals surface area contributed by atoms with Crippen LogP contribution in [0, 0.1) is 5.92 Å². The van der Waals surface area contributed by atoms with Gasteiger partial charge in [-0.2, -0.15) is 0 Å². The Morgan fingerprint density at radius 3 is 2.36 bits per heavy atom. The Hall–Kier alpha value is -3.25. The summed E-state index contributed by atoms with van der Waals surface area (Å²) in [6.45, 7) is 1.58. The van der Waals surface area contributed by atoms with E-state index >= 15 is 0 Å². The molecule has 3 fully saturated rings. The van der Waals surface area contributed by atoms with Crippen molar-refractivity contribution in [1.29, 1.82) is 0 Å². The minimum Gasteiger partial charge on any atom is -0.600 e. The number of carbonyl (C=O) groups excluding carboxylic acids is 4. The maximum atomic E-state index is 14.0. The van der Waals surface area contributed by atoms with Crippen LogP contribution < -0.4 is 5.32 Å². The van der Waals surface area contributed by atoms with Crippen molar-refractivity contribution in [3.8, 4) is 0 Å². The van der Waals surface area contributed by atoms with Crippen LogP contribution in [-0.4, -0.2) is 81.4 Å². The van der Waals surface area contributed by atoms with Crippen LogP contribution in [0.3, 0.4) is 0 Å². The fraction of sp³-hybridized carbons (Fsp3) is 0.481. The number of hydrogen-bond acceptors (Lipinski definition) is 9. The van der Waals surface area contributed by atoms with E-state index in [0.717, 1.165) is 5.56 Å². The van der Waals surface area contributed by atoms with E-state index in [9.17, 15) is 19.2 Å². The number of thioether (sulfide) groups is 1. The molecule has 1 amide bonds. The van der Waals surface area contributed by atoms with E-state index in [2.05, 4.69) is 15.3 Å². The highest BCUT2D eigenvalue weighted by atomic mass is 32.2. The number of carbonyl (C=O) groups is 4. The lowest BCUT2D eigenvalue weighted by Gasteiger charge is -2.51. The normalized spacial score (nSPS) is 28.8. The molecule has 3 saturated heterocycles. The number of hydrogen-bond donors (Lipinski definition) is 1. The van der Waals surface area contributed by atoms with E-state index in [1.165, 1.54) is 18.6 Å². The van der Waals surface area contributed by atoms with Crippen molar-refractivity contribution in [2.75, 3.05) is 18.6 Å². The zero-order valence-corrected chi connectivity index (χ0v) is 23.1. The van der Waals surface area contributed by atoms with Crippen molar-refractivity contribution < 1.29 is 32.9 Å². The molecule has 3 aliphatic rings. The van der Waals surface area contributed by atoms with Gasteiger partial charge < -0.3 is 19.0 Å². The number of rotatable bonds is 10. The van der Waals surface area contributed by atoms with Crippen LogP contribution >= 0.6 is 11.8 Å². The maximum absolute atomic E-state index is 14.0. The predicted molar refractivity (Wildman–Crippen MR) is 145 cm³/mol. The molecule has 2 unspecified atom stereocenters. The quantitative estimate of drug-likeness (QED) is 0.442. The second-order valence-electron chi connectivity index (χ2n) is 11.3. The molecule has 4 heterocycles. The topological polar surface area (TPSA) is 125 Å². The monoisotopic (exact) mass is 552 g/mol. The molecular formula is C27H33BN4O6S. The van der Waals surface area contributed by atoms with Crippen LogP contribution in [-0.2, 0) is 30.1 Å². The molecule has 6 atom stereocenters. The molecule has 0 bridgehead atoms. The second-order valence-corrected chi connectivity index (χ2v) is 12.3. The van der Waals surface area contributed by atoms with Gasteiger partial charge in [0.25, 0.3) is 5.91 Å². The van der Waals surface area contributed by atoms with Crippen LogP contribution in [0.4, 0.5) is 0 Å². The van der Waals surface area contributed by atoms with Crippen LogP contribution in [0.5, 0.6) is 0 Å². The molecule has 1 aromatic heterocycles. The van der Waals surface area contributed by atoms with Crippen LogP contribution in [0.15, 0.2) is 48.9 Å². The lowest BCUT2D eigenvalue weighted by atomic mass is 9.51. The number of aromatic nitrogens is 2. The van der Waals surface area contributed by atoms with Gasteiger partial charge in [-0.3, -0.25) is 14.6 Å². The molecule has 1 N–H and O–H groups in total. The number of quaternary nitrogens is 1. The number of benzene rings is 1. The summed E-state index contributed by atoms with van der Waals surface area (Å²) < 4.78 is 12.2. The van der Waals surface area contributed by atoms with Gasteiger partial charge in [0.15, 0.2) is 17.9 Å². The Labute approximate surface area is 231 Å². The summed E-state index contributed by atoms with van der Waals surface area (Å²) in [6.07, 6.45) is 5.00. The average Bonchev–Trinajstić information content (AvgIpc) is 3.28. The zero-order valence-electron chi connectivity index (χ0n) is 22.3. The van der Waals surface area contributed by atoms with Crippen molar-refractivity contribution in [1.82, 2.24) is 15.3 Å². The van der Waals surface area contributed by atoms with Crippen LogP contribution in [0.25, 0.3) is 0 Å². The number of amides is 1. The molecule has 3 aliphatic heterocycles. The first kappa shape index (κ1) is 27.3. The highest BCUT2D eigenvalue weighted by molar-refractivity contribution is 7.99. The molecule has 5 rings (SSSR count). The third-order valence-electron chi connectivity index (χ3n) is 8.39. The first-order valence-electron chi connectivity index (χ1n) is 13.3. The molecule has 0 radical (unpaired) electrons. The van der Waals surface area contributed by atoms with Gasteiger partial charge in [0, 0.05) is 19.4 Å². The summed E-state index contributed by atoms with van der Waals surface area (Å²) in [5.74, 6) is -0.788. The second kappa shape index (κ2) is 10.7. The Bertz CT molecular complexity index is 1240. The molecule has 2 aromatic rings. The van der Waals surface area contributed by atoms with Gasteiger partial charge in [0.2, 0.25) is 0 Å². The van der Waals surface area contributed by atoms with Crippen molar-refractivity contribution in [2.45, 2.75) is 57.1 Å². The SMILES string of the molecule is CC(C)C[C@H](CC(=O)[C@H](Cc1ccccc1)NC(=O)c1cnccn1)[B-]12OC(=O)[C@H]3CSC[C@@H](C(=O)O1)[N+]32C. The molecule has 12 heteroatoms. The Balaban J connectivity index is 1.46. The molecule has 10 nitrogen and oxygen atoms in total. The van der Waals surface area contributed by atoms with Gasteiger partial charge in [-0.1, -0.05) is 50.6 Å². The molecule has 206 valence electrons. The first-order valence-corrected chi connectivity index (χ1v) is 14.5. The largest absolute Gasteiger partial charge is 0.600 e. The van der Waals surface area contributed by atoms with Gasteiger partial charge in [0.1, 0.15) is 5.69 Å². The fourth-order valence-electron chi connectivity index (χ4n) is 6.46. The summed E-state index contributed by atoms with van der Waals surface area (Å²) in [4.78, 5) is 61.2. The van der Waals surface area contributed by atoms with E-state index in [1.54, 1.807) is 11.8 Å². The number of ketones is 1. The van der Waals surface area contributed by atoms with E-state index in [-0.39, 0.29) is 46.6 Å². The van der Waals surface area contributed by atoms with Crippen molar-refractivity contribution in [3.63, 3.8) is 0 Å². The minimum atomic E-state index is -2.47. The van der Waals surface area contributed by atoms with Gasteiger partial charge in [0.05, 0.1) is 23.7 Å². The van der Waals surface area contributed by atoms with Crippen LogP contribution in [0.2, 0.25) is 5.82 Å². The highest BCUT2D eigenvalue weighted by Crippen LogP contribution is 2.53. The number of nitrogens with zero attached hydrogens (tertiary/aromatic N) is 3. The Kier molecular flexibility index (Phi) is 7.52. The highest BCUT2D eigenvalue weighted by Gasteiger charge is 2.76. The minimum absolute atomic E-state index is 0.0165. The van der Waals surface area contributed by atoms with E-state index < -0.39 is 36.5 Å².